The third-order valence-corrected chi connectivity index (χ3v) is 4.89. The monoisotopic (exact) mass is 281 g/mol. The van der Waals surface area contributed by atoms with Crippen LogP contribution in [0.15, 0.2) is 0 Å². The van der Waals surface area contributed by atoms with Crippen LogP contribution in [-0.4, -0.2) is 73.7 Å². The summed E-state index contributed by atoms with van der Waals surface area (Å²) in [6.45, 7) is 6.40. The molecule has 1 amide bonds. The van der Waals surface area contributed by atoms with E-state index in [0.717, 1.165) is 39.1 Å². The molecule has 114 valence electrons. The number of carbonyl (C=O) groups excluding carboxylic acids is 1. The van der Waals surface area contributed by atoms with E-state index in [0.29, 0.717) is 12.6 Å². The second-order valence-corrected chi connectivity index (χ2v) is 6.23. The maximum Gasteiger partial charge on any atom is 0.242 e. The maximum absolute atomic E-state index is 12.5. The number of likely N-dealkylation sites (tertiary alicyclic amines) is 2. The summed E-state index contributed by atoms with van der Waals surface area (Å²) in [4.78, 5) is 17.2. The van der Waals surface area contributed by atoms with Crippen LogP contribution in [0.25, 0.3) is 0 Å². The standard InChI is InChI=1S/C15H27N3O2/c19-15(14-12-20-11-6-16-14)18-9-3-4-13(5-10-18)17-7-1-2-8-17/h13-14,16H,1-12H2. The molecule has 3 fully saturated rings. The molecule has 0 aromatic carbocycles. The minimum absolute atomic E-state index is 0.118. The summed E-state index contributed by atoms with van der Waals surface area (Å²) in [6, 6.07) is 0.581. The Morgan fingerprint density at radius 2 is 1.90 bits per heavy atom. The zero-order valence-corrected chi connectivity index (χ0v) is 12.4. The Morgan fingerprint density at radius 3 is 2.65 bits per heavy atom. The SMILES string of the molecule is O=C(C1COCCN1)N1CCCC(N2CCCC2)CC1. The van der Waals surface area contributed by atoms with Gasteiger partial charge in [0.1, 0.15) is 6.04 Å². The van der Waals surface area contributed by atoms with Crippen LogP contribution in [0, 0.1) is 0 Å². The van der Waals surface area contributed by atoms with Gasteiger partial charge in [0.15, 0.2) is 0 Å². The van der Waals surface area contributed by atoms with Crippen molar-refractivity contribution >= 4 is 5.91 Å². The van der Waals surface area contributed by atoms with Gasteiger partial charge >= 0.3 is 0 Å². The first-order valence-corrected chi connectivity index (χ1v) is 8.18. The smallest absolute Gasteiger partial charge is 0.242 e. The average molecular weight is 281 g/mol. The fourth-order valence-corrected chi connectivity index (χ4v) is 3.72. The van der Waals surface area contributed by atoms with E-state index in [1.807, 2.05) is 0 Å². The number of nitrogens with zero attached hydrogens (tertiary/aromatic N) is 2. The summed E-state index contributed by atoms with van der Waals surface area (Å²) in [7, 11) is 0. The van der Waals surface area contributed by atoms with Gasteiger partial charge in [0, 0.05) is 25.7 Å². The van der Waals surface area contributed by atoms with E-state index < -0.39 is 0 Å². The first kappa shape index (κ1) is 14.3. The van der Waals surface area contributed by atoms with Crippen molar-refractivity contribution in [1.29, 1.82) is 0 Å². The Labute approximate surface area is 121 Å². The summed E-state index contributed by atoms with van der Waals surface area (Å²) < 4.78 is 5.41. The van der Waals surface area contributed by atoms with Gasteiger partial charge in [-0.3, -0.25) is 4.79 Å². The van der Waals surface area contributed by atoms with Gasteiger partial charge < -0.3 is 19.9 Å². The molecule has 3 rings (SSSR count). The molecule has 2 unspecified atom stereocenters. The Hall–Kier alpha value is -0.650. The number of amides is 1. The van der Waals surface area contributed by atoms with Crippen LogP contribution < -0.4 is 5.32 Å². The van der Waals surface area contributed by atoms with Gasteiger partial charge in [-0.2, -0.15) is 0 Å². The highest BCUT2D eigenvalue weighted by Gasteiger charge is 2.30. The zero-order chi connectivity index (χ0) is 13.8. The highest BCUT2D eigenvalue weighted by atomic mass is 16.5. The number of carbonyl (C=O) groups is 1. The van der Waals surface area contributed by atoms with Crippen LogP contribution >= 0.6 is 0 Å². The molecule has 5 nitrogen and oxygen atoms in total. The molecule has 0 bridgehead atoms. The van der Waals surface area contributed by atoms with Crippen LogP contribution in [0.4, 0.5) is 0 Å². The van der Waals surface area contributed by atoms with Crippen molar-refractivity contribution in [2.45, 2.75) is 44.2 Å². The predicted octanol–water partition coefficient (Wildman–Crippen LogP) is 0.452. The van der Waals surface area contributed by atoms with Crippen molar-refractivity contribution in [2.24, 2.45) is 0 Å². The van der Waals surface area contributed by atoms with Crippen molar-refractivity contribution in [1.82, 2.24) is 15.1 Å². The molecular formula is C15H27N3O2. The Balaban J connectivity index is 1.52. The minimum atomic E-state index is -0.118. The second-order valence-electron chi connectivity index (χ2n) is 6.23. The van der Waals surface area contributed by atoms with E-state index in [1.165, 1.54) is 32.4 Å². The van der Waals surface area contributed by atoms with Crippen LogP contribution in [-0.2, 0) is 9.53 Å². The molecule has 0 radical (unpaired) electrons. The van der Waals surface area contributed by atoms with E-state index in [2.05, 4.69) is 15.1 Å². The molecule has 0 saturated carbocycles. The van der Waals surface area contributed by atoms with Gasteiger partial charge in [0.05, 0.1) is 13.2 Å². The summed E-state index contributed by atoms with van der Waals surface area (Å²) >= 11 is 0. The van der Waals surface area contributed by atoms with Crippen molar-refractivity contribution < 1.29 is 9.53 Å². The Bertz CT molecular complexity index is 325. The lowest BCUT2D eigenvalue weighted by Gasteiger charge is -2.30. The lowest BCUT2D eigenvalue weighted by Crippen LogP contribution is -2.52. The molecule has 3 aliphatic rings. The number of rotatable bonds is 2. The molecule has 0 aromatic heterocycles. The molecule has 3 aliphatic heterocycles. The van der Waals surface area contributed by atoms with Gasteiger partial charge in [-0.1, -0.05) is 0 Å². The van der Waals surface area contributed by atoms with Crippen LogP contribution in [0.1, 0.15) is 32.1 Å². The van der Waals surface area contributed by atoms with Crippen molar-refractivity contribution in [3.8, 4) is 0 Å². The minimum Gasteiger partial charge on any atom is -0.378 e. The Morgan fingerprint density at radius 1 is 1.05 bits per heavy atom. The fraction of sp³-hybridized carbons (Fsp3) is 0.933. The number of ether oxygens (including phenoxy) is 1. The fourth-order valence-electron chi connectivity index (χ4n) is 3.72. The third kappa shape index (κ3) is 3.32. The molecule has 5 heteroatoms. The lowest BCUT2D eigenvalue weighted by molar-refractivity contribution is -0.136. The van der Waals surface area contributed by atoms with Crippen molar-refractivity contribution in [2.75, 3.05) is 45.9 Å². The quantitative estimate of drug-likeness (QED) is 0.798. The second kappa shape index (κ2) is 6.87. The van der Waals surface area contributed by atoms with E-state index in [9.17, 15) is 4.79 Å². The summed E-state index contributed by atoms with van der Waals surface area (Å²) in [5, 5.41) is 3.28. The van der Waals surface area contributed by atoms with Gasteiger partial charge in [-0.25, -0.2) is 0 Å². The molecule has 20 heavy (non-hydrogen) atoms. The highest BCUT2D eigenvalue weighted by Crippen LogP contribution is 2.21. The average Bonchev–Trinajstić information content (AvgIpc) is 2.92. The lowest BCUT2D eigenvalue weighted by atomic mass is 10.1. The summed E-state index contributed by atoms with van der Waals surface area (Å²) in [5.41, 5.74) is 0. The third-order valence-electron chi connectivity index (χ3n) is 4.89. The van der Waals surface area contributed by atoms with E-state index >= 15 is 0 Å². The van der Waals surface area contributed by atoms with E-state index in [4.69, 9.17) is 4.74 Å². The molecule has 2 atom stereocenters. The van der Waals surface area contributed by atoms with Gasteiger partial charge in [-0.15, -0.1) is 0 Å². The van der Waals surface area contributed by atoms with Gasteiger partial charge in [0.2, 0.25) is 5.91 Å². The van der Waals surface area contributed by atoms with Crippen LogP contribution in [0.2, 0.25) is 0 Å². The normalized spacial score (nSPS) is 33.1. The molecule has 0 spiro atoms. The van der Waals surface area contributed by atoms with Gasteiger partial charge in [0.25, 0.3) is 0 Å². The number of nitrogens with one attached hydrogen (secondary N) is 1. The molecule has 0 aromatic rings. The number of hydrogen-bond donors (Lipinski definition) is 1. The number of morpholine rings is 1. The summed E-state index contributed by atoms with van der Waals surface area (Å²) in [6.07, 6.45) is 6.23. The maximum atomic E-state index is 12.5. The largest absolute Gasteiger partial charge is 0.378 e. The van der Waals surface area contributed by atoms with E-state index in [-0.39, 0.29) is 11.9 Å². The number of hydrogen-bond acceptors (Lipinski definition) is 4. The van der Waals surface area contributed by atoms with E-state index in [1.54, 1.807) is 0 Å². The van der Waals surface area contributed by atoms with Crippen LogP contribution in [0.3, 0.4) is 0 Å². The molecular weight excluding hydrogens is 254 g/mol. The molecule has 3 saturated heterocycles. The highest BCUT2D eigenvalue weighted by molar-refractivity contribution is 5.82. The van der Waals surface area contributed by atoms with Gasteiger partial charge in [-0.05, 0) is 45.2 Å². The molecule has 1 N–H and O–H groups in total. The van der Waals surface area contributed by atoms with Crippen molar-refractivity contribution in [3.63, 3.8) is 0 Å². The zero-order valence-electron chi connectivity index (χ0n) is 12.4. The predicted molar refractivity (Wildman–Crippen MR) is 77.6 cm³/mol. The first-order chi connectivity index (χ1) is 9.84. The molecule has 3 heterocycles. The Kier molecular flexibility index (Phi) is 4.91. The molecule has 0 aliphatic carbocycles. The first-order valence-electron chi connectivity index (χ1n) is 8.18. The van der Waals surface area contributed by atoms with Crippen LogP contribution in [0.5, 0.6) is 0 Å². The summed E-state index contributed by atoms with van der Waals surface area (Å²) in [5.74, 6) is 0.242. The van der Waals surface area contributed by atoms with Crippen molar-refractivity contribution in [3.05, 3.63) is 0 Å². The topological polar surface area (TPSA) is 44.8 Å².